The van der Waals surface area contributed by atoms with Gasteiger partial charge in [-0.2, -0.15) is 0 Å². The van der Waals surface area contributed by atoms with Crippen LogP contribution in [0, 0.1) is 17.8 Å². The number of rotatable bonds is 9. The first kappa shape index (κ1) is 28.7. The van der Waals surface area contributed by atoms with Crippen LogP contribution in [0.1, 0.15) is 30.5 Å². The van der Waals surface area contributed by atoms with Crippen LogP contribution in [-0.4, -0.2) is 56.5 Å². The molecule has 5 rings (SSSR count). The summed E-state index contributed by atoms with van der Waals surface area (Å²) < 4.78 is 0. The monoisotopic (exact) mass is 574 g/mol. The molecule has 41 heavy (non-hydrogen) atoms. The number of aromatic hydroxyl groups is 1. The van der Waals surface area contributed by atoms with Gasteiger partial charge in [-0.15, -0.1) is 0 Å². The molecule has 1 saturated heterocycles. The van der Waals surface area contributed by atoms with Crippen LogP contribution in [0.3, 0.4) is 0 Å². The number of amides is 2. The van der Waals surface area contributed by atoms with Crippen molar-refractivity contribution in [3.05, 3.63) is 100 Å². The number of pyridine rings is 1. The number of nitrogens with zero attached hydrogens (tertiary/aromatic N) is 2. The van der Waals surface area contributed by atoms with Gasteiger partial charge in [-0.3, -0.25) is 19.5 Å². The number of aliphatic hydroxyl groups excluding tert-OH is 3. The van der Waals surface area contributed by atoms with E-state index in [-0.39, 0.29) is 24.5 Å². The summed E-state index contributed by atoms with van der Waals surface area (Å²) in [7, 11) is 0. The molecule has 9 heteroatoms. The van der Waals surface area contributed by atoms with Gasteiger partial charge in [0.2, 0.25) is 11.8 Å². The van der Waals surface area contributed by atoms with Crippen molar-refractivity contribution in [1.82, 2.24) is 4.98 Å². The molecule has 0 unspecified atom stereocenters. The number of halogens is 1. The molecule has 8 nitrogen and oxygen atoms in total. The fourth-order valence-electron chi connectivity index (χ4n) is 6.03. The van der Waals surface area contributed by atoms with Gasteiger partial charge in [-0.25, -0.2) is 0 Å². The van der Waals surface area contributed by atoms with Crippen LogP contribution >= 0.6 is 11.6 Å². The van der Waals surface area contributed by atoms with Crippen LogP contribution in [0.25, 0.3) is 11.6 Å². The van der Waals surface area contributed by atoms with E-state index in [9.17, 15) is 30.0 Å². The first-order valence-corrected chi connectivity index (χ1v) is 13.9. The van der Waals surface area contributed by atoms with Gasteiger partial charge in [0.15, 0.2) is 0 Å². The second-order valence-electron chi connectivity index (χ2n) is 10.3. The summed E-state index contributed by atoms with van der Waals surface area (Å²) in [5.74, 6) is -3.11. The molecule has 212 valence electrons. The van der Waals surface area contributed by atoms with Gasteiger partial charge in [0.05, 0.1) is 47.6 Å². The Balaban J connectivity index is 1.44. The third-order valence-corrected chi connectivity index (χ3v) is 8.27. The SMILES string of the molecule is O=C1[C@@H]2[C@@H](CC(CO)=C([C@H](O)CC/C(=C/c3ccc(O)cc3Cl)c3ccccn3)[C@@H]2CO)C(=O)N1c1ccccc1. The van der Waals surface area contributed by atoms with E-state index in [4.69, 9.17) is 11.6 Å². The highest BCUT2D eigenvalue weighted by atomic mass is 35.5. The van der Waals surface area contributed by atoms with Crippen LogP contribution in [0.2, 0.25) is 5.02 Å². The minimum Gasteiger partial charge on any atom is -0.508 e. The molecule has 0 saturated carbocycles. The zero-order valence-electron chi connectivity index (χ0n) is 22.2. The highest BCUT2D eigenvalue weighted by Crippen LogP contribution is 2.47. The van der Waals surface area contributed by atoms with Gasteiger partial charge >= 0.3 is 0 Å². The minimum atomic E-state index is -1.09. The number of para-hydroxylation sites is 1. The lowest BCUT2D eigenvalue weighted by Crippen LogP contribution is -2.39. The van der Waals surface area contributed by atoms with Crippen molar-refractivity contribution in [2.24, 2.45) is 17.8 Å². The lowest BCUT2D eigenvalue weighted by atomic mass is 9.68. The lowest BCUT2D eigenvalue weighted by molar-refractivity contribution is -0.123. The number of benzene rings is 2. The van der Waals surface area contributed by atoms with E-state index < -0.39 is 43.0 Å². The number of anilines is 1. The maximum Gasteiger partial charge on any atom is 0.238 e. The number of fused-ring (bicyclic) bond motifs is 1. The number of carbonyl (C=O) groups is 2. The number of carbonyl (C=O) groups excluding carboxylic acids is 2. The first-order valence-electron chi connectivity index (χ1n) is 13.5. The molecule has 1 fully saturated rings. The molecule has 1 aliphatic heterocycles. The Kier molecular flexibility index (Phi) is 8.65. The summed E-state index contributed by atoms with van der Waals surface area (Å²) in [5.41, 5.74) is 3.46. The van der Waals surface area contributed by atoms with Crippen molar-refractivity contribution in [1.29, 1.82) is 0 Å². The molecule has 2 heterocycles. The summed E-state index contributed by atoms with van der Waals surface area (Å²) in [5, 5.41) is 42.3. The van der Waals surface area contributed by atoms with Gasteiger partial charge in [0.1, 0.15) is 5.75 Å². The fraction of sp³-hybridized carbons (Fsp3) is 0.281. The maximum atomic E-state index is 13.6. The Morgan fingerprint density at radius 2 is 1.80 bits per heavy atom. The summed E-state index contributed by atoms with van der Waals surface area (Å²) in [4.78, 5) is 32.5. The topological polar surface area (TPSA) is 131 Å². The van der Waals surface area contributed by atoms with E-state index in [1.807, 2.05) is 18.2 Å². The number of aliphatic hydroxyl groups is 3. The largest absolute Gasteiger partial charge is 0.508 e. The average Bonchev–Trinajstić information content (AvgIpc) is 3.24. The van der Waals surface area contributed by atoms with E-state index in [0.29, 0.717) is 39.5 Å². The van der Waals surface area contributed by atoms with E-state index in [1.54, 1.807) is 48.7 Å². The third kappa shape index (κ3) is 5.69. The number of allylic oxidation sites excluding steroid dienone is 1. The van der Waals surface area contributed by atoms with Gasteiger partial charge in [-0.05, 0) is 90.1 Å². The van der Waals surface area contributed by atoms with Crippen LogP contribution < -0.4 is 4.90 Å². The normalized spacial score (nSPS) is 21.8. The van der Waals surface area contributed by atoms with Crippen LogP contribution in [0.5, 0.6) is 5.75 Å². The standard InChI is InChI=1S/C32H31ClN2O6/c33-26-16-23(38)11-9-19(26)14-20(27-8-4-5-13-34-27)10-12-28(39)29-21(17-36)15-24-30(25(29)18-37)32(41)35(31(24)40)22-6-2-1-3-7-22/h1-9,11,13-14,16,24-25,28,30,36-39H,10,12,15,17-18H2/b20-14-/t24-,25+,28-,30-/m1/s1. The number of imide groups is 1. The second kappa shape index (κ2) is 12.4. The zero-order valence-corrected chi connectivity index (χ0v) is 23.0. The quantitative estimate of drug-likeness (QED) is 0.222. The molecular weight excluding hydrogens is 544 g/mol. The van der Waals surface area contributed by atoms with Crippen molar-refractivity contribution >= 4 is 40.8 Å². The Bertz CT molecular complexity index is 1490. The highest BCUT2D eigenvalue weighted by Gasteiger charge is 2.55. The lowest BCUT2D eigenvalue weighted by Gasteiger charge is -2.36. The minimum absolute atomic E-state index is 0.0434. The molecule has 2 amide bonds. The molecule has 4 N–H and O–H groups in total. The van der Waals surface area contributed by atoms with Crippen molar-refractivity contribution in [2.75, 3.05) is 18.1 Å². The second-order valence-corrected chi connectivity index (χ2v) is 10.7. The maximum absolute atomic E-state index is 13.6. The highest BCUT2D eigenvalue weighted by molar-refractivity contribution is 6.32. The van der Waals surface area contributed by atoms with Gasteiger partial charge in [-0.1, -0.05) is 35.9 Å². The number of phenols is 1. The average molecular weight is 575 g/mol. The van der Waals surface area contributed by atoms with Crippen LogP contribution in [-0.2, 0) is 9.59 Å². The van der Waals surface area contributed by atoms with Gasteiger partial charge in [0.25, 0.3) is 0 Å². The molecule has 4 atom stereocenters. The smallest absolute Gasteiger partial charge is 0.238 e. The van der Waals surface area contributed by atoms with Gasteiger partial charge < -0.3 is 20.4 Å². The molecule has 0 radical (unpaired) electrons. The summed E-state index contributed by atoms with van der Waals surface area (Å²) >= 11 is 6.35. The molecule has 0 spiro atoms. The predicted molar refractivity (Wildman–Crippen MR) is 156 cm³/mol. The van der Waals surface area contributed by atoms with Gasteiger partial charge in [0, 0.05) is 12.1 Å². The molecule has 0 bridgehead atoms. The molecule has 3 aromatic rings. The van der Waals surface area contributed by atoms with E-state index in [2.05, 4.69) is 4.98 Å². The summed E-state index contributed by atoms with van der Waals surface area (Å²) in [6.07, 6.45) is 3.10. The van der Waals surface area contributed by atoms with Crippen molar-refractivity contribution in [3.8, 4) is 5.75 Å². The van der Waals surface area contributed by atoms with E-state index in [0.717, 1.165) is 10.5 Å². The molecule has 1 aromatic heterocycles. The summed E-state index contributed by atoms with van der Waals surface area (Å²) in [6, 6.07) is 18.8. The Morgan fingerprint density at radius 1 is 1.05 bits per heavy atom. The molecule has 2 aromatic carbocycles. The van der Waals surface area contributed by atoms with Crippen molar-refractivity contribution < 1.29 is 30.0 Å². The van der Waals surface area contributed by atoms with E-state index in [1.165, 1.54) is 12.1 Å². The number of hydrogen-bond acceptors (Lipinski definition) is 7. The zero-order chi connectivity index (χ0) is 29.1. The Morgan fingerprint density at radius 3 is 2.46 bits per heavy atom. The van der Waals surface area contributed by atoms with Crippen LogP contribution in [0.4, 0.5) is 5.69 Å². The molecular formula is C32H31ClN2O6. The Hall–Kier alpha value is -3.82. The Labute approximate surface area is 242 Å². The molecule has 1 aliphatic carbocycles. The predicted octanol–water partition coefficient (Wildman–Crippen LogP) is 4.23. The number of hydrogen-bond donors (Lipinski definition) is 4. The fourth-order valence-corrected chi connectivity index (χ4v) is 6.26. The number of phenolic OH excluding ortho intramolecular Hbond substituents is 1. The van der Waals surface area contributed by atoms with E-state index >= 15 is 0 Å². The van der Waals surface area contributed by atoms with Crippen LogP contribution in [0.15, 0.2) is 84.1 Å². The third-order valence-electron chi connectivity index (χ3n) is 7.94. The van der Waals surface area contributed by atoms with Crippen molar-refractivity contribution in [3.63, 3.8) is 0 Å². The van der Waals surface area contributed by atoms with Crippen molar-refractivity contribution in [2.45, 2.75) is 25.4 Å². The first-order chi connectivity index (χ1) is 19.8. The number of aromatic nitrogens is 1. The molecule has 2 aliphatic rings. The summed E-state index contributed by atoms with van der Waals surface area (Å²) in [6.45, 7) is -0.851.